The lowest BCUT2D eigenvalue weighted by Crippen LogP contribution is -2.40. The number of amides is 1. The summed E-state index contributed by atoms with van der Waals surface area (Å²) in [6.07, 6.45) is 4.08. The van der Waals surface area contributed by atoms with Gasteiger partial charge in [0.15, 0.2) is 0 Å². The van der Waals surface area contributed by atoms with E-state index in [1.54, 1.807) is 0 Å². The number of hydrogen-bond donors (Lipinski definition) is 2. The van der Waals surface area contributed by atoms with E-state index in [4.69, 9.17) is 5.73 Å². The highest BCUT2D eigenvalue weighted by Gasteiger charge is 2.25. The van der Waals surface area contributed by atoms with E-state index in [0.29, 0.717) is 11.5 Å². The van der Waals surface area contributed by atoms with Crippen LogP contribution in [0.25, 0.3) is 0 Å². The van der Waals surface area contributed by atoms with Gasteiger partial charge in [-0.25, -0.2) is 0 Å². The van der Waals surface area contributed by atoms with E-state index < -0.39 is 0 Å². The quantitative estimate of drug-likeness (QED) is 0.747. The molecular weight excluding hydrogens is 188 g/mol. The number of primary amides is 1. The van der Waals surface area contributed by atoms with Crippen molar-refractivity contribution in [2.24, 2.45) is 17.1 Å². The normalized spacial score (nSPS) is 27.7. The summed E-state index contributed by atoms with van der Waals surface area (Å²) in [6.45, 7) is 7.73. The molecule has 0 heterocycles. The second-order valence-electron chi connectivity index (χ2n) is 5.89. The van der Waals surface area contributed by atoms with Gasteiger partial charge in [0, 0.05) is 18.5 Å². The number of rotatable bonds is 3. The van der Waals surface area contributed by atoms with Gasteiger partial charge in [-0.2, -0.15) is 0 Å². The fourth-order valence-electron chi connectivity index (χ4n) is 2.03. The van der Waals surface area contributed by atoms with Gasteiger partial charge in [0.1, 0.15) is 0 Å². The van der Waals surface area contributed by atoms with Crippen molar-refractivity contribution < 1.29 is 4.79 Å². The molecule has 1 aliphatic carbocycles. The lowest BCUT2D eigenvalue weighted by Gasteiger charge is -2.30. The minimum Gasteiger partial charge on any atom is -0.369 e. The third-order valence-electron chi connectivity index (χ3n) is 3.05. The predicted octanol–water partition coefficient (Wildman–Crippen LogP) is 1.67. The molecule has 15 heavy (non-hydrogen) atoms. The largest absolute Gasteiger partial charge is 0.369 e. The Morgan fingerprint density at radius 2 is 1.80 bits per heavy atom. The Kier molecular flexibility index (Phi) is 4.14. The van der Waals surface area contributed by atoms with Crippen LogP contribution in [0, 0.1) is 11.3 Å². The van der Waals surface area contributed by atoms with Gasteiger partial charge in [0.25, 0.3) is 0 Å². The first-order valence-electron chi connectivity index (χ1n) is 5.91. The third kappa shape index (κ3) is 4.65. The molecule has 1 aliphatic rings. The third-order valence-corrected chi connectivity index (χ3v) is 3.05. The van der Waals surface area contributed by atoms with E-state index in [1.165, 1.54) is 0 Å². The smallest absolute Gasteiger partial charge is 0.220 e. The molecule has 0 bridgehead atoms. The van der Waals surface area contributed by atoms with Crippen LogP contribution in [0.2, 0.25) is 0 Å². The first kappa shape index (κ1) is 12.5. The molecule has 3 N–H and O–H groups in total. The summed E-state index contributed by atoms with van der Waals surface area (Å²) in [5, 5.41) is 3.57. The summed E-state index contributed by atoms with van der Waals surface area (Å²) in [6, 6.07) is 0.583. The number of nitrogens with two attached hydrogens (primary N) is 1. The van der Waals surface area contributed by atoms with Gasteiger partial charge in [0.05, 0.1) is 0 Å². The maximum absolute atomic E-state index is 11.0. The highest BCUT2D eigenvalue weighted by molar-refractivity contribution is 5.76. The van der Waals surface area contributed by atoms with E-state index in [9.17, 15) is 4.79 Å². The van der Waals surface area contributed by atoms with Crippen LogP contribution in [-0.2, 0) is 4.79 Å². The Balaban J connectivity index is 2.23. The Morgan fingerprint density at radius 1 is 1.27 bits per heavy atom. The molecule has 0 atom stereocenters. The number of carbonyl (C=O) groups is 1. The van der Waals surface area contributed by atoms with Crippen LogP contribution in [0.4, 0.5) is 0 Å². The molecule has 0 aromatic rings. The zero-order valence-corrected chi connectivity index (χ0v) is 10.2. The molecule has 0 aliphatic heterocycles. The Labute approximate surface area is 92.8 Å². The molecular formula is C12H24N2O. The van der Waals surface area contributed by atoms with Gasteiger partial charge >= 0.3 is 0 Å². The fourth-order valence-corrected chi connectivity index (χ4v) is 2.03. The standard InChI is InChI=1S/C12H24N2O/c1-12(2,3)8-14-10-6-4-9(5-7-10)11(13)15/h9-10,14H,4-8H2,1-3H3,(H2,13,15). The Morgan fingerprint density at radius 3 is 2.20 bits per heavy atom. The molecule has 1 fully saturated rings. The topological polar surface area (TPSA) is 55.1 Å². The molecule has 3 nitrogen and oxygen atoms in total. The summed E-state index contributed by atoms with van der Waals surface area (Å²) >= 11 is 0. The molecule has 0 unspecified atom stereocenters. The molecule has 0 saturated heterocycles. The van der Waals surface area contributed by atoms with Gasteiger partial charge in [-0.1, -0.05) is 20.8 Å². The lowest BCUT2D eigenvalue weighted by atomic mass is 9.85. The predicted molar refractivity (Wildman–Crippen MR) is 62.4 cm³/mol. The van der Waals surface area contributed by atoms with Crippen molar-refractivity contribution in [3.63, 3.8) is 0 Å². The summed E-state index contributed by atoms with van der Waals surface area (Å²) in [5.74, 6) is 0.00181. The van der Waals surface area contributed by atoms with Crippen molar-refractivity contribution in [3.05, 3.63) is 0 Å². The van der Waals surface area contributed by atoms with Gasteiger partial charge < -0.3 is 11.1 Å². The number of nitrogens with one attached hydrogen (secondary N) is 1. The monoisotopic (exact) mass is 212 g/mol. The second kappa shape index (κ2) is 4.97. The molecule has 1 saturated carbocycles. The van der Waals surface area contributed by atoms with Crippen LogP contribution in [0.15, 0.2) is 0 Å². The lowest BCUT2D eigenvalue weighted by molar-refractivity contribution is -0.122. The highest BCUT2D eigenvalue weighted by atomic mass is 16.1. The van der Waals surface area contributed by atoms with Crippen molar-refractivity contribution in [2.45, 2.75) is 52.5 Å². The SMILES string of the molecule is CC(C)(C)CNC1CCC(C(N)=O)CC1. The van der Waals surface area contributed by atoms with Crippen molar-refractivity contribution in [2.75, 3.05) is 6.54 Å². The first-order chi connectivity index (χ1) is 6.88. The average Bonchev–Trinajstić information content (AvgIpc) is 2.14. The minimum absolute atomic E-state index is 0.121. The van der Waals surface area contributed by atoms with E-state index in [-0.39, 0.29) is 11.8 Å². The summed E-state index contributed by atoms with van der Waals surface area (Å²) in [7, 11) is 0. The zero-order chi connectivity index (χ0) is 11.5. The molecule has 0 radical (unpaired) electrons. The summed E-state index contributed by atoms with van der Waals surface area (Å²) < 4.78 is 0. The van der Waals surface area contributed by atoms with Crippen LogP contribution < -0.4 is 11.1 Å². The first-order valence-corrected chi connectivity index (χ1v) is 5.91. The molecule has 1 rings (SSSR count). The maximum Gasteiger partial charge on any atom is 0.220 e. The Hall–Kier alpha value is -0.570. The summed E-state index contributed by atoms with van der Waals surface area (Å²) in [4.78, 5) is 11.0. The van der Waals surface area contributed by atoms with Crippen molar-refractivity contribution in [1.29, 1.82) is 0 Å². The molecule has 0 aromatic carbocycles. The van der Waals surface area contributed by atoms with E-state index in [2.05, 4.69) is 26.1 Å². The fraction of sp³-hybridized carbons (Fsp3) is 0.917. The van der Waals surface area contributed by atoms with Crippen molar-refractivity contribution in [3.8, 4) is 0 Å². The highest BCUT2D eigenvalue weighted by Crippen LogP contribution is 2.24. The second-order valence-corrected chi connectivity index (χ2v) is 5.89. The van der Waals surface area contributed by atoms with Crippen LogP contribution in [0.5, 0.6) is 0 Å². The number of carbonyl (C=O) groups excluding carboxylic acids is 1. The number of hydrogen-bond acceptors (Lipinski definition) is 2. The van der Waals surface area contributed by atoms with Crippen LogP contribution >= 0.6 is 0 Å². The van der Waals surface area contributed by atoms with Gasteiger partial charge in [-0.05, 0) is 31.1 Å². The van der Waals surface area contributed by atoms with Gasteiger partial charge in [-0.15, -0.1) is 0 Å². The molecule has 0 spiro atoms. The van der Waals surface area contributed by atoms with E-state index in [1.807, 2.05) is 0 Å². The van der Waals surface area contributed by atoms with E-state index in [0.717, 1.165) is 32.2 Å². The average molecular weight is 212 g/mol. The summed E-state index contributed by atoms with van der Waals surface area (Å²) in [5.41, 5.74) is 5.63. The Bertz CT molecular complexity index is 212. The molecule has 1 amide bonds. The van der Waals surface area contributed by atoms with Gasteiger partial charge in [0.2, 0.25) is 5.91 Å². The van der Waals surface area contributed by atoms with Gasteiger partial charge in [-0.3, -0.25) is 4.79 Å². The van der Waals surface area contributed by atoms with E-state index >= 15 is 0 Å². The van der Waals surface area contributed by atoms with Crippen LogP contribution in [0.3, 0.4) is 0 Å². The molecule has 88 valence electrons. The van der Waals surface area contributed by atoms with Crippen LogP contribution in [0.1, 0.15) is 46.5 Å². The van der Waals surface area contributed by atoms with Crippen molar-refractivity contribution >= 4 is 5.91 Å². The maximum atomic E-state index is 11.0. The molecule has 3 heteroatoms. The molecule has 0 aromatic heterocycles. The minimum atomic E-state index is -0.121. The zero-order valence-electron chi connectivity index (χ0n) is 10.2. The van der Waals surface area contributed by atoms with Crippen LogP contribution in [-0.4, -0.2) is 18.5 Å². The van der Waals surface area contributed by atoms with Crippen molar-refractivity contribution in [1.82, 2.24) is 5.32 Å².